The molecule has 96 valence electrons. The number of hydrogen-bond acceptors (Lipinski definition) is 3. The number of carbonyl (C=O) groups excluding carboxylic acids is 2. The van der Waals surface area contributed by atoms with Crippen LogP contribution < -0.4 is 4.90 Å². The monoisotopic (exact) mass is 247 g/mol. The average Bonchev–Trinajstić information content (AvgIpc) is 2.37. The number of anilines is 1. The number of carbonyl (C=O) groups is 2. The Hall–Kier alpha value is -1.68. The van der Waals surface area contributed by atoms with Crippen LogP contribution in [0.5, 0.6) is 0 Å². The van der Waals surface area contributed by atoms with Gasteiger partial charge in [0, 0.05) is 18.5 Å². The van der Waals surface area contributed by atoms with E-state index in [0.29, 0.717) is 24.2 Å². The summed E-state index contributed by atoms with van der Waals surface area (Å²) in [5, 5.41) is 0. The smallest absolute Gasteiger partial charge is 0.253 e. The van der Waals surface area contributed by atoms with Crippen molar-refractivity contribution >= 4 is 17.4 Å². The van der Waals surface area contributed by atoms with Crippen molar-refractivity contribution in [2.75, 3.05) is 18.1 Å². The SMILES string of the molecule is CC(C)OCC(=O)N1CCC(=O)c2ccccc21. The second-order valence-corrected chi connectivity index (χ2v) is 4.60. The van der Waals surface area contributed by atoms with Crippen molar-refractivity contribution in [2.45, 2.75) is 26.4 Å². The number of benzene rings is 1. The molecule has 1 aliphatic rings. The zero-order chi connectivity index (χ0) is 13.1. The van der Waals surface area contributed by atoms with E-state index in [-0.39, 0.29) is 24.4 Å². The van der Waals surface area contributed by atoms with Crippen LogP contribution >= 0.6 is 0 Å². The molecule has 2 rings (SSSR count). The van der Waals surface area contributed by atoms with E-state index in [2.05, 4.69) is 0 Å². The maximum atomic E-state index is 12.1. The first-order chi connectivity index (χ1) is 8.59. The second kappa shape index (κ2) is 5.31. The van der Waals surface area contributed by atoms with Gasteiger partial charge in [-0.05, 0) is 26.0 Å². The third-order valence-corrected chi connectivity index (χ3v) is 2.90. The molecule has 1 aromatic rings. The fourth-order valence-electron chi connectivity index (χ4n) is 1.99. The summed E-state index contributed by atoms with van der Waals surface area (Å²) in [5.74, 6) is 0.00285. The number of ether oxygens (including phenoxy) is 1. The fourth-order valence-corrected chi connectivity index (χ4v) is 1.99. The molecule has 0 bridgehead atoms. The van der Waals surface area contributed by atoms with Crippen LogP contribution in [-0.2, 0) is 9.53 Å². The molecular formula is C14H17NO3. The van der Waals surface area contributed by atoms with Crippen molar-refractivity contribution in [1.82, 2.24) is 0 Å². The summed E-state index contributed by atoms with van der Waals surface area (Å²) in [4.78, 5) is 25.5. The largest absolute Gasteiger partial charge is 0.369 e. The summed E-state index contributed by atoms with van der Waals surface area (Å²) in [6.45, 7) is 4.28. The molecule has 0 aliphatic carbocycles. The first-order valence-corrected chi connectivity index (χ1v) is 6.14. The van der Waals surface area contributed by atoms with Crippen molar-refractivity contribution in [3.05, 3.63) is 29.8 Å². The summed E-state index contributed by atoms with van der Waals surface area (Å²) in [6.07, 6.45) is 0.403. The normalized spacial score (nSPS) is 14.8. The maximum Gasteiger partial charge on any atom is 0.253 e. The van der Waals surface area contributed by atoms with Crippen LogP contribution in [0.1, 0.15) is 30.6 Å². The van der Waals surface area contributed by atoms with E-state index in [4.69, 9.17) is 4.74 Å². The first-order valence-electron chi connectivity index (χ1n) is 6.14. The van der Waals surface area contributed by atoms with Crippen molar-refractivity contribution in [1.29, 1.82) is 0 Å². The first kappa shape index (κ1) is 12.8. The van der Waals surface area contributed by atoms with Crippen molar-refractivity contribution < 1.29 is 14.3 Å². The number of ketones is 1. The summed E-state index contributed by atoms with van der Waals surface area (Å²) >= 11 is 0. The van der Waals surface area contributed by atoms with Crippen LogP contribution in [0.4, 0.5) is 5.69 Å². The Labute approximate surface area is 107 Å². The molecule has 0 fully saturated rings. The topological polar surface area (TPSA) is 46.6 Å². The molecule has 4 nitrogen and oxygen atoms in total. The van der Waals surface area contributed by atoms with Gasteiger partial charge in [0.2, 0.25) is 0 Å². The third-order valence-electron chi connectivity index (χ3n) is 2.90. The summed E-state index contributed by atoms with van der Waals surface area (Å²) in [6, 6.07) is 7.22. The Balaban J connectivity index is 2.18. The number of hydrogen-bond donors (Lipinski definition) is 0. The fraction of sp³-hybridized carbons (Fsp3) is 0.429. The molecule has 1 amide bonds. The van der Waals surface area contributed by atoms with Gasteiger partial charge in [-0.1, -0.05) is 12.1 Å². The van der Waals surface area contributed by atoms with E-state index < -0.39 is 0 Å². The van der Waals surface area contributed by atoms with Crippen molar-refractivity contribution in [3.63, 3.8) is 0 Å². The predicted octanol–water partition coefficient (Wildman–Crippen LogP) is 2.03. The standard InChI is InChI=1S/C14H17NO3/c1-10(2)18-9-14(17)15-8-7-13(16)11-5-3-4-6-12(11)15/h3-6,10H,7-9H2,1-2H3. The minimum Gasteiger partial charge on any atom is -0.369 e. The Kier molecular flexibility index (Phi) is 3.77. The number of amides is 1. The minimum atomic E-state index is -0.0938. The maximum absolute atomic E-state index is 12.1. The molecule has 0 unspecified atom stereocenters. The molecular weight excluding hydrogens is 230 g/mol. The Morgan fingerprint density at radius 3 is 2.83 bits per heavy atom. The lowest BCUT2D eigenvalue weighted by atomic mass is 10.0. The lowest BCUT2D eigenvalue weighted by Gasteiger charge is -2.28. The number of Topliss-reactive ketones (excluding diaryl/α,β-unsaturated/α-hetero) is 1. The van der Waals surface area contributed by atoms with E-state index >= 15 is 0 Å². The van der Waals surface area contributed by atoms with Gasteiger partial charge in [0.25, 0.3) is 5.91 Å². The van der Waals surface area contributed by atoms with Crippen LogP contribution in [0.3, 0.4) is 0 Å². The van der Waals surface area contributed by atoms with Gasteiger partial charge in [-0.3, -0.25) is 9.59 Å². The Morgan fingerprint density at radius 2 is 2.11 bits per heavy atom. The van der Waals surface area contributed by atoms with Crippen LogP contribution in [0, 0.1) is 0 Å². The molecule has 0 aromatic heterocycles. The molecule has 0 radical (unpaired) electrons. The van der Waals surface area contributed by atoms with Crippen LogP contribution in [0.25, 0.3) is 0 Å². The lowest BCUT2D eigenvalue weighted by Crippen LogP contribution is -2.39. The summed E-state index contributed by atoms with van der Waals surface area (Å²) in [5.41, 5.74) is 1.33. The quantitative estimate of drug-likeness (QED) is 0.821. The molecule has 4 heteroatoms. The van der Waals surface area contributed by atoms with E-state index in [1.54, 1.807) is 17.0 Å². The lowest BCUT2D eigenvalue weighted by molar-refractivity contribution is -0.124. The third kappa shape index (κ3) is 2.59. The Bertz CT molecular complexity index is 468. The van der Waals surface area contributed by atoms with E-state index in [1.807, 2.05) is 26.0 Å². The zero-order valence-corrected chi connectivity index (χ0v) is 10.7. The molecule has 0 N–H and O–H groups in total. The van der Waals surface area contributed by atoms with Crippen LogP contribution in [0.15, 0.2) is 24.3 Å². The average molecular weight is 247 g/mol. The summed E-state index contributed by atoms with van der Waals surface area (Å²) in [7, 11) is 0. The Morgan fingerprint density at radius 1 is 1.39 bits per heavy atom. The predicted molar refractivity (Wildman–Crippen MR) is 68.8 cm³/mol. The van der Waals surface area contributed by atoms with Gasteiger partial charge in [-0.25, -0.2) is 0 Å². The van der Waals surface area contributed by atoms with Crippen molar-refractivity contribution in [2.24, 2.45) is 0 Å². The molecule has 18 heavy (non-hydrogen) atoms. The zero-order valence-electron chi connectivity index (χ0n) is 10.7. The van der Waals surface area contributed by atoms with Gasteiger partial charge in [0.1, 0.15) is 6.61 Å². The molecule has 0 atom stereocenters. The summed E-state index contributed by atoms with van der Waals surface area (Å²) < 4.78 is 5.32. The van der Waals surface area contributed by atoms with Gasteiger partial charge < -0.3 is 9.64 Å². The highest BCUT2D eigenvalue weighted by atomic mass is 16.5. The van der Waals surface area contributed by atoms with Gasteiger partial charge >= 0.3 is 0 Å². The number of para-hydroxylation sites is 1. The van der Waals surface area contributed by atoms with Gasteiger partial charge in [-0.15, -0.1) is 0 Å². The van der Waals surface area contributed by atoms with Gasteiger partial charge in [-0.2, -0.15) is 0 Å². The van der Waals surface area contributed by atoms with Crippen LogP contribution in [-0.4, -0.2) is 30.9 Å². The number of fused-ring (bicyclic) bond motifs is 1. The van der Waals surface area contributed by atoms with Crippen molar-refractivity contribution in [3.8, 4) is 0 Å². The van der Waals surface area contributed by atoms with E-state index in [0.717, 1.165) is 0 Å². The second-order valence-electron chi connectivity index (χ2n) is 4.60. The molecule has 1 aliphatic heterocycles. The van der Waals surface area contributed by atoms with Crippen LogP contribution in [0.2, 0.25) is 0 Å². The minimum absolute atomic E-state index is 0.0237. The van der Waals surface area contributed by atoms with Gasteiger partial charge in [0.15, 0.2) is 5.78 Å². The number of nitrogens with zero attached hydrogens (tertiary/aromatic N) is 1. The van der Waals surface area contributed by atoms with Gasteiger partial charge in [0.05, 0.1) is 11.8 Å². The highest BCUT2D eigenvalue weighted by Crippen LogP contribution is 2.26. The molecule has 0 saturated heterocycles. The molecule has 0 saturated carbocycles. The highest BCUT2D eigenvalue weighted by molar-refractivity contribution is 6.08. The van der Waals surface area contributed by atoms with E-state index in [1.165, 1.54) is 0 Å². The highest BCUT2D eigenvalue weighted by Gasteiger charge is 2.26. The molecule has 0 spiro atoms. The van der Waals surface area contributed by atoms with E-state index in [9.17, 15) is 9.59 Å². The molecule has 1 aromatic carbocycles. The number of rotatable bonds is 3. The molecule has 1 heterocycles.